The summed E-state index contributed by atoms with van der Waals surface area (Å²) in [6.45, 7) is 5.14. The Kier molecular flexibility index (Phi) is 5.81. The highest BCUT2D eigenvalue weighted by Crippen LogP contribution is 2.13. The summed E-state index contributed by atoms with van der Waals surface area (Å²) < 4.78 is 19.7. The molecule has 104 valence electrons. The van der Waals surface area contributed by atoms with E-state index < -0.39 is 18.0 Å². The van der Waals surface area contributed by atoms with Crippen LogP contribution in [0.25, 0.3) is 0 Å². The summed E-state index contributed by atoms with van der Waals surface area (Å²) in [7, 11) is 1.26. The van der Waals surface area contributed by atoms with Crippen molar-refractivity contribution in [3.63, 3.8) is 0 Å². The SMILES string of the molecule is C=CCOC(C)C(=O)OCc1occc1C(=O)OC. The molecule has 0 aliphatic rings. The van der Waals surface area contributed by atoms with Crippen LogP contribution in [-0.4, -0.2) is 31.8 Å². The molecule has 19 heavy (non-hydrogen) atoms. The summed E-state index contributed by atoms with van der Waals surface area (Å²) in [6.07, 6.45) is 2.15. The van der Waals surface area contributed by atoms with E-state index in [9.17, 15) is 9.59 Å². The van der Waals surface area contributed by atoms with E-state index in [-0.39, 0.29) is 24.5 Å². The fraction of sp³-hybridized carbons (Fsp3) is 0.385. The van der Waals surface area contributed by atoms with Crippen LogP contribution in [0, 0.1) is 0 Å². The highest BCUT2D eigenvalue weighted by molar-refractivity contribution is 5.90. The number of ether oxygens (including phenoxy) is 3. The fourth-order valence-corrected chi connectivity index (χ4v) is 1.28. The molecule has 0 N–H and O–H groups in total. The Hall–Kier alpha value is -2.08. The smallest absolute Gasteiger partial charge is 0.341 e. The number of esters is 2. The number of hydrogen-bond acceptors (Lipinski definition) is 6. The van der Waals surface area contributed by atoms with Crippen LogP contribution < -0.4 is 0 Å². The minimum atomic E-state index is -0.713. The molecule has 1 rings (SSSR count). The van der Waals surface area contributed by atoms with Crippen molar-refractivity contribution in [1.29, 1.82) is 0 Å². The first-order chi connectivity index (χ1) is 9.10. The van der Waals surface area contributed by atoms with E-state index in [4.69, 9.17) is 13.9 Å². The van der Waals surface area contributed by atoms with Gasteiger partial charge in [0, 0.05) is 0 Å². The van der Waals surface area contributed by atoms with Crippen molar-refractivity contribution < 1.29 is 28.2 Å². The van der Waals surface area contributed by atoms with E-state index in [0.717, 1.165) is 0 Å². The second-order valence-corrected chi connectivity index (χ2v) is 3.62. The van der Waals surface area contributed by atoms with Gasteiger partial charge in [-0.05, 0) is 13.0 Å². The van der Waals surface area contributed by atoms with Gasteiger partial charge in [-0.15, -0.1) is 6.58 Å². The van der Waals surface area contributed by atoms with Gasteiger partial charge in [-0.1, -0.05) is 6.08 Å². The van der Waals surface area contributed by atoms with E-state index >= 15 is 0 Å². The number of hydrogen-bond donors (Lipinski definition) is 0. The zero-order chi connectivity index (χ0) is 14.3. The molecule has 0 spiro atoms. The van der Waals surface area contributed by atoms with Crippen molar-refractivity contribution in [3.8, 4) is 0 Å². The van der Waals surface area contributed by atoms with E-state index in [1.165, 1.54) is 25.5 Å². The van der Waals surface area contributed by atoms with Crippen LogP contribution in [0.3, 0.4) is 0 Å². The fourth-order valence-electron chi connectivity index (χ4n) is 1.28. The number of carbonyl (C=O) groups excluding carboxylic acids is 2. The van der Waals surface area contributed by atoms with Crippen LogP contribution in [0.2, 0.25) is 0 Å². The number of methoxy groups -OCH3 is 1. The minimum absolute atomic E-state index is 0.155. The summed E-state index contributed by atoms with van der Waals surface area (Å²) in [5.41, 5.74) is 0.231. The van der Waals surface area contributed by atoms with Gasteiger partial charge < -0.3 is 18.6 Å². The largest absolute Gasteiger partial charge is 0.465 e. The van der Waals surface area contributed by atoms with Gasteiger partial charge in [-0.2, -0.15) is 0 Å². The quantitative estimate of drug-likeness (QED) is 0.553. The Bertz CT molecular complexity index is 448. The Morgan fingerprint density at radius 3 is 2.89 bits per heavy atom. The van der Waals surface area contributed by atoms with Crippen molar-refractivity contribution in [2.24, 2.45) is 0 Å². The molecule has 0 saturated heterocycles. The van der Waals surface area contributed by atoms with Gasteiger partial charge >= 0.3 is 11.9 Å². The van der Waals surface area contributed by atoms with Gasteiger partial charge in [0.25, 0.3) is 0 Å². The van der Waals surface area contributed by atoms with Crippen molar-refractivity contribution in [2.45, 2.75) is 19.6 Å². The van der Waals surface area contributed by atoms with Crippen LogP contribution in [0.4, 0.5) is 0 Å². The lowest BCUT2D eigenvalue weighted by molar-refractivity contribution is -0.157. The average molecular weight is 268 g/mol. The van der Waals surface area contributed by atoms with E-state index in [1.54, 1.807) is 6.92 Å². The van der Waals surface area contributed by atoms with Gasteiger partial charge in [0.15, 0.2) is 11.9 Å². The molecule has 0 aliphatic carbocycles. The third-order valence-electron chi connectivity index (χ3n) is 2.29. The molecule has 0 amide bonds. The molecule has 1 aromatic heterocycles. The predicted molar refractivity (Wildman–Crippen MR) is 65.5 cm³/mol. The number of carbonyl (C=O) groups is 2. The Morgan fingerprint density at radius 2 is 2.26 bits per heavy atom. The lowest BCUT2D eigenvalue weighted by Gasteiger charge is -2.10. The molecular formula is C13H16O6. The monoisotopic (exact) mass is 268 g/mol. The topological polar surface area (TPSA) is 75.0 Å². The summed E-state index contributed by atoms with van der Waals surface area (Å²) in [5.74, 6) is -0.860. The standard InChI is InChI=1S/C13H16O6/c1-4-6-17-9(2)12(14)19-8-11-10(5-7-18-11)13(15)16-3/h4-5,7,9H,1,6,8H2,2-3H3. The van der Waals surface area contributed by atoms with Crippen LogP contribution >= 0.6 is 0 Å². The molecule has 0 bridgehead atoms. The van der Waals surface area contributed by atoms with Gasteiger partial charge in [-0.3, -0.25) is 0 Å². The molecule has 0 saturated carbocycles. The Balaban J connectivity index is 2.53. The summed E-state index contributed by atoms with van der Waals surface area (Å²) in [5, 5.41) is 0. The third-order valence-corrected chi connectivity index (χ3v) is 2.29. The zero-order valence-electron chi connectivity index (χ0n) is 10.9. The molecular weight excluding hydrogens is 252 g/mol. The molecule has 6 heteroatoms. The molecule has 0 aliphatic heterocycles. The Morgan fingerprint density at radius 1 is 1.53 bits per heavy atom. The van der Waals surface area contributed by atoms with Crippen molar-refractivity contribution in [2.75, 3.05) is 13.7 Å². The first-order valence-corrected chi connectivity index (χ1v) is 5.64. The van der Waals surface area contributed by atoms with Gasteiger partial charge in [0.1, 0.15) is 12.2 Å². The lowest BCUT2D eigenvalue weighted by Crippen LogP contribution is -2.23. The van der Waals surface area contributed by atoms with Gasteiger partial charge in [-0.25, -0.2) is 9.59 Å². The zero-order valence-corrected chi connectivity index (χ0v) is 10.9. The highest BCUT2D eigenvalue weighted by Gasteiger charge is 2.19. The third kappa shape index (κ3) is 4.26. The first-order valence-electron chi connectivity index (χ1n) is 5.64. The van der Waals surface area contributed by atoms with Crippen molar-refractivity contribution in [1.82, 2.24) is 0 Å². The summed E-state index contributed by atoms with van der Waals surface area (Å²) >= 11 is 0. The molecule has 1 atom stereocenters. The van der Waals surface area contributed by atoms with Gasteiger partial charge in [0.2, 0.25) is 0 Å². The van der Waals surface area contributed by atoms with Crippen LogP contribution in [0.5, 0.6) is 0 Å². The summed E-state index contributed by atoms with van der Waals surface area (Å²) in [4.78, 5) is 22.9. The summed E-state index contributed by atoms with van der Waals surface area (Å²) in [6, 6.07) is 1.45. The second kappa shape index (κ2) is 7.38. The van der Waals surface area contributed by atoms with Gasteiger partial charge in [0.05, 0.1) is 20.0 Å². The second-order valence-electron chi connectivity index (χ2n) is 3.62. The first kappa shape index (κ1) is 15.0. The molecule has 0 fully saturated rings. The number of furan rings is 1. The molecule has 0 aromatic carbocycles. The lowest BCUT2D eigenvalue weighted by atomic mass is 10.2. The molecule has 0 radical (unpaired) electrons. The maximum atomic E-state index is 11.6. The highest BCUT2D eigenvalue weighted by atomic mass is 16.6. The molecule has 1 aromatic rings. The Labute approximate surface area is 110 Å². The van der Waals surface area contributed by atoms with Crippen LogP contribution in [0.1, 0.15) is 23.0 Å². The number of rotatable bonds is 7. The van der Waals surface area contributed by atoms with Crippen molar-refractivity contribution >= 4 is 11.9 Å². The minimum Gasteiger partial charge on any atom is -0.465 e. The van der Waals surface area contributed by atoms with Crippen LogP contribution in [0.15, 0.2) is 29.4 Å². The maximum Gasteiger partial charge on any atom is 0.341 e. The molecule has 1 unspecified atom stereocenters. The maximum absolute atomic E-state index is 11.6. The molecule has 6 nitrogen and oxygen atoms in total. The normalized spacial score (nSPS) is 11.7. The van der Waals surface area contributed by atoms with E-state index in [1.807, 2.05) is 0 Å². The molecule has 1 heterocycles. The van der Waals surface area contributed by atoms with E-state index in [0.29, 0.717) is 0 Å². The average Bonchev–Trinajstić information content (AvgIpc) is 2.89. The van der Waals surface area contributed by atoms with E-state index in [2.05, 4.69) is 11.3 Å². The predicted octanol–water partition coefficient (Wildman–Crippen LogP) is 1.70. The van der Waals surface area contributed by atoms with Crippen molar-refractivity contribution in [3.05, 3.63) is 36.3 Å². The van der Waals surface area contributed by atoms with Crippen LogP contribution in [-0.2, 0) is 25.6 Å².